The first-order chi connectivity index (χ1) is 3.81. The van der Waals surface area contributed by atoms with Crippen LogP contribution in [0, 0.1) is 0 Å². The third kappa shape index (κ3) is 10.0. The van der Waals surface area contributed by atoms with Crippen molar-refractivity contribution in [2.24, 2.45) is 4.99 Å². The van der Waals surface area contributed by atoms with Gasteiger partial charge in [0.1, 0.15) is 0 Å². The van der Waals surface area contributed by atoms with Gasteiger partial charge in [-0.1, -0.05) is 0 Å². The Hall–Kier alpha value is 0.930. The average molecular weight is 341 g/mol. The smallest absolute Gasteiger partial charge is 0.179 e. The molecule has 0 radical (unpaired) electrons. The highest BCUT2D eigenvalue weighted by atomic mass is 128. The van der Waals surface area contributed by atoms with Crippen LogP contribution < -0.4 is 0 Å². The van der Waals surface area contributed by atoms with Crippen LogP contribution in [0.5, 0.6) is 0 Å². The number of hydrogen-bond acceptors (Lipinski definition) is 2. The van der Waals surface area contributed by atoms with Gasteiger partial charge in [-0.3, -0.25) is 4.99 Å². The SMILES string of the molecule is CN=C(C)OC.II. The van der Waals surface area contributed by atoms with Gasteiger partial charge < -0.3 is 4.74 Å². The molecule has 50 valence electrons. The molecule has 0 bridgehead atoms. The molecule has 4 heteroatoms. The molecular formula is C4H9I2NO. The molecule has 0 aliphatic carbocycles. The lowest BCUT2D eigenvalue weighted by Gasteiger charge is -1.90. The Kier molecular flexibility index (Phi) is 15.8. The third-order valence-corrected chi connectivity index (χ3v) is 0.610. The van der Waals surface area contributed by atoms with E-state index in [1.807, 2.05) is 0 Å². The standard InChI is InChI=1S/C4H9NO.I2/c1-4(5-2)6-3;1-2/h1-3H3;. The Morgan fingerprint density at radius 2 is 1.88 bits per heavy atom. The second kappa shape index (κ2) is 10.8. The molecule has 0 heterocycles. The number of methoxy groups -OCH3 is 1. The average Bonchev–Trinajstić information content (AvgIpc) is 1.91. The summed E-state index contributed by atoms with van der Waals surface area (Å²) in [5.74, 6) is 0.718. The molecule has 0 saturated carbocycles. The van der Waals surface area contributed by atoms with Crippen molar-refractivity contribution in [2.75, 3.05) is 14.2 Å². The van der Waals surface area contributed by atoms with Gasteiger partial charge in [-0.15, -0.1) is 0 Å². The van der Waals surface area contributed by atoms with Gasteiger partial charge in [0.05, 0.1) is 7.11 Å². The summed E-state index contributed by atoms with van der Waals surface area (Å²) in [6, 6.07) is 0. The molecule has 0 fully saturated rings. The quantitative estimate of drug-likeness (QED) is 0.377. The topological polar surface area (TPSA) is 21.6 Å². The van der Waals surface area contributed by atoms with Crippen molar-refractivity contribution in [3.8, 4) is 0 Å². The second-order valence-corrected chi connectivity index (χ2v) is 0.947. The first-order valence-corrected chi connectivity index (χ1v) is 8.21. The van der Waals surface area contributed by atoms with Crippen molar-refractivity contribution in [1.29, 1.82) is 0 Å². The molecule has 2 nitrogen and oxygen atoms in total. The van der Waals surface area contributed by atoms with Crippen molar-refractivity contribution in [3.05, 3.63) is 0 Å². The normalized spacial score (nSPS) is 9.38. The maximum Gasteiger partial charge on any atom is 0.179 e. The summed E-state index contributed by atoms with van der Waals surface area (Å²) in [5, 5.41) is 0. The van der Waals surface area contributed by atoms with Gasteiger partial charge in [-0.2, -0.15) is 0 Å². The highest BCUT2D eigenvalue weighted by molar-refractivity contribution is 15.0. The van der Waals surface area contributed by atoms with E-state index in [0.717, 1.165) is 5.90 Å². The molecule has 0 aromatic rings. The molecule has 0 saturated heterocycles. The highest BCUT2D eigenvalue weighted by Gasteiger charge is 1.74. The van der Waals surface area contributed by atoms with Crippen molar-refractivity contribution < 1.29 is 4.74 Å². The number of aliphatic imine (C=N–C) groups is 1. The van der Waals surface area contributed by atoms with Gasteiger partial charge in [0.2, 0.25) is 0 Å². The molecule has 0 unspecified atom stereocenters. The van der Waals surface area contributed by atoms with Crippen LogP contribution in [0.3, 0.4) is 0 Å². The van der Waals surface area contributed by atoms with Crippen LogP contribution in [0.4, 0.5) is 0 Å². The van der Waals surface area contributed by atoms with Gasteiger partial charge in [0.15, 0.2) is 5.90 Å². The molecule has 8 heavy (non-hydrogen) atoms. The number of ether oxygens (including phenoxy) is 1. The lowest BCUT2D eigenvalue weighted by atomic mass is 10.8. The van der Waals surface area contributed by atoms with Crippen molar-refractivity contribution >= 4 is 43.1 Å². The monoisotopic (exact) mass is 341 g/mol. The van der Waals surface area contributed by atoms with E-state index < -0.39 is 0 Å². The Balaban J connectivity index is 0. The van der Waals surface area contributed by atoms with Gasteiger partial charge in [0.25, 0.3) is 0 Å². The first kappa shape index (κ1) is 11.7. The maximum absolute atomic E-state index is 4.65. The number of rotatable bonds is 0. The van der Waals surface area contributed by atoms with Crippen LogP contribution in [0.1, 0.15) is 6.92 Å². The highest BCUT2D eigenvalue weighted by Crippen LogP contribution is 1.89. The fraction of sp³-hybridized carbons (Fsp3) is 0.750. The number of hydrogen-bond donors (Lipinski definition) is 0. The van der Waals surface area contributed by atoms with Gasteiger partial charge in [-0.25, -0.2) is 0 Å². The molecule has 0 amide bonds. The van der Waals surface area contributed by atoms with E-state index in [1.54, 1.807) is 21.1 Å². The zero-order valence-corrected chi connectivity index (χ0v) is 9.43. The molecular weight excluding hydrogens is 332 g/mol. The van der Waals surface area contributed by atoms with Gasteiger partial charge in [-0.05, 0) is 0 Å². The van der Waals surface area contributed by atoms with E-state index in [9.17, 15) is 0 Å². The van der Waals surface area contributed by atoms with Crippen molar-refractivity contribution in [2.45, 2.75) is 6.92 Å². The summed E-state index contributed by atoms with van der Waals surface area (Å²) in [6.07, 6.45) is 0. The molecule has 0 spiro atoms. The van der Waals surface area contributed by atoms with Crippen LogP contribution in [0.25, 0.3) is 0 Å². The summed E-state index contributed by atoms with van der Waals surface area (Å²) in [7, 11) is 3.29. The summed E-state index contributed by atoms with van der Waals surface area (Å²) in [6.45, 7) is 1.81. The van der Waals surface area contributed by atoms with Crippen molar-refractivity contribution in [3.63, 3.8) is 0 Å². The van der Waals surface area contributed by atoms with E-state index in [0.29, 0.717) is 0 Å². The van der Waals surface area contributed by atoms with Crippen LogP contribution in [0.2, 0.25) is 0 Å². The maximum atomic E-state index is 4.65. The summed E-state index contributed by atoms with van der Waals surface area (Å²) >= 11 is 4.24. The fourth-order valence-corrected chi connectivity index (χ4v) is 0.0913. The largest absolute Gasteiger partial charge is 0.485 e. The van der Waals surface area contributed by atoms with Crippen LogP contribution in [-0.4, -0.2) is 20.1 Å². The molecule has 0 aromatic carbocycles. The molecule has 0 N–H and O–H groups in total. The van der Waals surface area contributed by atoms with E-state index in [2.05, 4.69) is 47.0 Å². The number of halogens is 2. The Morgan fingerprint density at radius 1 is 1.50 bits per heavy atom. The molecule has 0 atom stereocenters. The molecule has 0 aliphatic heterocycles. The second-order valence-electron chi connectivity index (χ2n) is 0.947. The summed E-state index contributed by atoms with van der Waals surface area (Å²) in [4.78, 5) is 3.70. The predicted octanol–water partition coefficient (Wildman–Crippen LogP) is 2.45. The molecule has 0 rings (SSSR count). The van der Waals surface area contributed by atoms with Gasteiger partial charge >= 0.3 is 0 Å². The lowest BCUT2D eigenvalue weighted by molar-refractivity contribution is 0.399. The Bertz CT molecular complexity index is 65.1. The number of nitrogens with zero attached hydrogens (tertiary/aromatic N) is 1. The summed E-state index contributed by atoms with van der Waals surface area (Å²) < 4.78 is 4.65. The minimum Gasteiger partial charge on any atom is -0.485 e. The van der Waals surface area contributed by atoms with Crippen LogP contribution in [0.15, 0.2) is 4.99 Å². The molecule has 0 aliphatic rings. The first-order valence-electron chi connectivity index (χ1n) is 1.93. The van der Waals surface area contributed by atoms with Crippen molar-refractivity contribution in [1.82, 2.24) is 0 Å². The minimum absolute atomic E-state index is 0.718. The zero-order chi connectivity index (χ0) is 6.99. The van der Waals surface area contributed by atoms with Crippen LogP contribution in [-0.2, 0) is 4.74 Å². The predicted molar refractivity (Wildman–Crippen MR) is 54.1 cm³/mol. The third-order valence-electron chi connectivity index (χ3n) is 0.610. The van der Waals surface area contributed by atoms with E-state index in [4.69, 9.17) is 0 Å². The minimum atomic E-state index is 0.718. The fourth-order valence-electron chi connectivity index (χ4n) is 0.0913. The van der Waals surface area contributed by atoms with E-state index in [-0.39, 0.29) is 0 Å². The Morgan fingerprint density at radius 3 is 1.88 bits per heavy atom. The van der Waals surface area contributed by atoms with E-state index >= 15 is 0 Å². The zero-order valence-electron chi connectivity index (χ0n) is 5.11. The van der Waals surface area contributed by atoms with E-state index in [1.165, 1.54) is 0 Å². The molecule has 0 aromatic heterocycles. The van der Waals surface area contributed by atoms with Crippen LogP contribution >= 0.6 is 37.2 Å². The lowest BCUT2D eigenvalue weighted by Crippen LogP contribution is -1.90. The summed E-state index contributed by atoms with van der Waals surface area (Å²) in [5.41, 5.74) is 0. The van der Waals surface area contributed by atoms with Gasteiger partial charge in [0, 0.05) is 51.2 Å². The Labute approximate surface area is 73.4 Å².